The highest BCUT2D eigenvalue weighted by atomic mass is 19.1. The van der Waals surface area contributed by atoms with Crippen LogP contribution in [-0.4, -0.2) is 29.7 Å². The molecule has 1 N–H and O–H groups in total. The van der Waals surface area contributed by atoms with Gasteiger partial charge in [-0.1, -0.05) is 19.9 Å². The van der Waals surface area contributed by atoms with Gasteiger partial charge in [-0.3, -0.25) is 4.90 Å². The molecule has 1 amide bonds. The van der Waals surface area contributed by atoms with Gasteiger partial charge in [0.15, 0.2) is 0 Å². The van der Waals surface area contributed by atoms with Crippen LogP contribution < -0.4 is 5.32 Å². The van der Waals surface area contributed by atoms with Crippen LogP contribution in [0.25, 0.3) is 0 Å². The summed E-state index contributed by atoms with van der Waals surface area (Å²) in [6.45, 7) is 14.1. The molecule has 0 saturated carbocycles. The van der Waals surface area contributed by atoms with Crippen molar-refractivity contribution in [1.29, 1.82) is 0 Å². The summed E-state index contributed by atoms with van der Waals surface area (Å²) in [5.41, 5.74) is 1.56. The molecule has 4 nitrogen and oxygen atoms in total. The van der Waals surface area contributed by atoms with Gasteiger partial charge in [-0.2, -0.15) is 0 Å². The number of hydrogen-bond acceptors (Lipinski definition) is 3. The van der Waals surface area contributed by atoms with Crippen LogP contribution in [0.3, 0.4) is 0 Å². The second-order valence-corrected chi connectivity index (χ2v) is 6.70. The molecule has 0 radical (unpaired) electrons. The fraction of sp³-hybridized carbons (Fsp3) is 0.611. The fourth-order valence-corrected chi connectivity index (χ4v) is 2.33. The third-order valence-corrected chi connectivity index (χ3v) is 3.51. The lowest BCUT2D eigenvalue weighted by Crippen LogP contribution is -2.32. The molecule has 0 atom stereocenters. The van der Waals surface area contributed by atoms with E-state index < -0.39 is 11.7 Å². The minimum atomic E-state index is -0.566. The van der Waals surface area contributed by atoms with Crippen molar-refractivity contribution in [3.05, 3.63) is 34.6 Å². The quantitative estimate of drug-likeness (QED) is 0.860. The lowest BCUT2D eigenvalue weighted by Gasteiger charge is -2.21. The van der Waals surface area contributed by atoms with E-state index in [0.29, 0.717) is 11.1 Å². The van der Waals surface area contributed by atoms with Gasteiger partial charge in [0.1, 0.15) is 11.4 Å². The average Bonchev–Trinajstić information content (AvgIpc) is 2.44. The minimum absolute atomic E-state index is 0.119. The maximum absolute atomic E-state index is 14.3. The lowest BCUT2D eigenvalue weighted by molar-refractivity contribution is 0.0523. The molecule has 1 rings (SSSR count). The molecule has 0 heterocycles. The molecule has 0 bridgehead atoms. The van der Waals surface area contributed by atoms with Crippen LogP contribution in [0.1, 0.15) is 51.3 Å². The molecule has 23 heavy (non-hydrogen) atoms. The van der Waals surface area contributed by atoms with Crippen molar-refractivity contribution < 1.29 is 13.9 Å². The molecule has 0 unspecified atom stereocenters. The third-order valence-electron chi connectivity index (χ3n) is 3.51. The van der Waals surface area contributed by atoms with E-state index in [1.807, 2.05) is 12.1 Å². The van der Waals surface area contributed by atoms with Crippen molar-refractivity contribution in [3.8, 4) is 0 Å². The zero-order valence-corrected chi connectivity index (χ0v) is 15.1. The number of halogens is 1. The minimum Gasteiger partial charge on any atom is -0.444 e. The number of ether oxygens (including phenoxy) is 1. The van der Waals surface area contributed by atoms with Gasteiger partial charge in [-0.25, -0.2) is 9.18 Å². The molecule has 0 saturated heterocycles. The monoisotopic (exact) mass is 324 g/mol. The van der Waals surface area contributed by atoms with E-state index in [1.165, 1.54) is 0 Å². The first-order chi connectivity index (χ1) is 10.7. The summed E-state index contributed by atoms with van der Waals surface area (Å²) in [6, 6.07) is 3.68. The second kappa shape index (κ2) is 8.29. The van der Waals surface area contributed by atoms with E-state index in [0.717, 1.165) is 25.2 Å². The van der Waals surface area contributed by atoms with Crippen LogP contribution in [0.15, 0.2) is 12.1 Å². The van der Waals surface area contributed by atoms with E-state index in [2.05, 4.69) is 24.1 Å². The van der Waals surface area contributed by atoms with E-state index in [9.17, 15) is 9.18 Å². The molecule has 0 aliphatic rings. The number of carbonyl (C=O) groups is 1. The Hall–Kier alpha value is -1.62. The highest BCUT2D eigenvalue weighted by molar-refractivity contribution is 5.67. The summed E-state index contributed by atoms with van der Waals surface area (Å²) in [7, 11) is 0. The molecule has 0 aliphatic carbocycles. The van der Waals surface area contributed by atoms with Crippen LogP contribution in [0, 0.1) is 12.7 Å². The number of amides is 1. The van der Waals surface area contributed by atoms with E-state index in [-0.39, 0.29) is 12.4 Å². The predicted octanol–water partition coefficient (Wildman–Crippen LogP) is 4.00. The molecule has 0 fully saturated rings. The zero-order valence-electron chi connectivity index (χ0n) is 15.1. The van der Waals surface area contributed by atoms with E-state index >= 15 is 0 Å². The third kappa shape index (κ3) is 6.57. The molecule has 1 aromatic carbocycles. The molecular formula is C18H29FN2O2. The summed E-state index contributed by atoms with van der Waals surface area (Å²) in [4.78, 5) is 14.0. The molecule has 0 aliphatic heterocycles. The first kappa shape index (κ1) is 19.4. The SMILES string of the molecule is CCN(CC)Cc1cc(C)c(F)c(CNC(=O)OC(C)(C)C)c1. The number of nitrogens with one attached hydrogen (secondary N) is 1. The second-order valence-electron chi connectivity index (χ2n) is 6.70. The first-order valence-corrected chi connectivity index (χ1v) is 8.13. The summed E-state index contributed by atoms with van der Waals surface area (Å²) in [5, 5.41) is 2.62. The fourth-order valence-electron chi connectivity index (χ4n) is 2.33. The molecule has 0 aromatic heterocycles. The highest BCUT2D eigenvalue weighted by Gasteiger charge is 2.17. The normalized spacial score (nSPS) is 11.7. The Morgan fingerprint density at radius 3 is 2.39 bits per heavy atom. The number of benzene rings is 1. The summed E-state index contributed by atoms with van der Waals surface area (Å²) in [6.07, 6.45) is -0.538. The Bertz CT molecular complexity index is 535. The van der Waals surface area contributed by atoms with Crippen molar-refractivity contribution in [2.24, 2.45) is 0 Å². The Morgan fingerprint density at radius 2 is 1.87 bits per heavy atom. The average molecular weight is 324 g/mol. The number of alkyl carbamates (subject to hydrolysis) is 1. The topological polar surface area (TPSA) is 41.6 Å². The van der Waals surface area contributed by atoms with Gasteiger partial charge in [0.05, 0.1) is 0 Å². The molecule has 1 aromatic rings. The standard InChI is InChI=1S/C18H29FN2O2/c1-7-21(8-2)12-14-9-13(3)16(19)15(10-14)11-20-17(22)23-18(4,5)6/h9-10H,7-8,11-12H2,1-6H3,(H,20,22). The van der Waals surface area contributed by atoms with Gasteiger partial charge in [-0.15, -0.1) is 0 Å². The Kier molecular flexibility index (Phi) is 7.01. The maximum atomic E-state index is 14.3. The van der Waals surface area contributed by atoms with Crippen LogP contribution in [0.4, 0.5) is 9.18 Å². The number of rotatable bonds is 6. The van der Waals surface area contributed by atoms with Crippen molar-refractivity contribution in [2.75, 3.05) is 13.1 Å². The maximum Gasteiger partial charge on any atom is 0.407 e. The molecule has 0 spiro atoms. The molecule has 130 valence electrons. The van der Waals surface area contributed by atoms with Crippen LogP contribution in [-0.2, 0) is 17.8 Å². The predicted molar refractivity (Wildman–Crippen MR) is 90.8 cm³/mol. The van der Waals surface area contributed by atoms with Gasteiger partial charge < -0.3 is 10.1 Å². The van der Waals surface area contributed by atoms with E-state index in [1.54, 1.807) is 27.7 Å². The van der Waals surface area contributed by atoms with Crippen molar-refractivity contribution in [2.45, 2.75) is 60.2 Å². The van der Waals surface area contributed by atoms with Crippen LogP contribution >= 0.6 is 0 Å². The van der Waals surface area contributed by atoms with Crippen molar-refractivity contribution in [3.63, 3.8) is 0 Å². The molecule has 5 heteroatoms. The summed E-state index contributed by atoms with van der Waals surface area (Å²) in [5.74, 6) is -0.274. The van der Waals surface area contributed by atoms with Crippen molar-refractivity contribution in [1.82, 2.24) is 10.2 Å². The first-order valence-electron chi connectivity index (χ1n) is 8.13. The summed E-state index contributed by atoms with van der Waals surface area (Å²) < 4.78 is 19.4. The smallest absolute Gasteiger partial charge is 0.407 e. The van der Waals surface area contributed by atoms with Gasteiger partial charge in [0.2, 0.25) is 0 Å². The van der Waals surface area contributed by atoms with Gasteiger partial charge in [-0.05, 0) is 58.0 Å². The Morgan fingerprint density at radius 1 is 1.26 bits per heavy atom. The molecular weight excluding hydrogens is 295 g/mol. The number of aryl methyl sites for hydroxylation is 1. The number of hydrogen-bond donors (Lipinski definition) is 1. The zero-order chi connectivity index (χ0) is 17.6. The summed E-state index contributed by atoms with van der Waals surface area (Å²) >= 11 is 0. The van der Waals surface area contributed by atoms with E-state index in [4.69, 9.17) is 4.74 Å². The van der Waals surface area contributed by atoms with Crippen molar-refractivity contribution >= 4 is 6.09 Å². The van der Waals surface area contributed by atoms with Gasteiger partial charge in [0.25, 0.3) is 0 Å². The van der Waals surface area contributed by atoms with Gasteiger partial charge in [0, 0.05) is 18.7 Å². The number of carbonyl (C=O) groups excluding carboxylic acids is 1. The Balaban J connectivity index is 2.81. The Labute approximate surface area is 139 Å². The number of nitrogens with zero attached hydrogens (tertiary/aromatic N) is 1. The highest BCUT2D eigenvalue weighted by Crippen LogP contribution is 2.17. The largest absolute Gasteiger partial charge is 0.444 e. The van der Waals surface area contributed by atoms with Crippen LogP contribution in [0.2, 0.25) is 0 Å². The van der Waals surface area contributed by atoms with Crippen LogP contribution in [0.5, 0.6) is 0 Å². The lowest BCUT2D eigenvalue weighted by atomic mass is 10.0. The van der Waals surface area contributed by atoms with Gasteiger partial charge >= 0.3 is 6.09 Å².